The number of hydrogen-bond acceptors (Lipinski definition) is 4. The lowest BCUT2D eigenvalue weighted by Gasteiger charge is -2.31. The Bertz CT molecular complexity index is 909. The quantitative estimate of drug-likeness (QED) is 0.344. The number of hydrogen-bond donors (Lipinski definition) is 0. The van der Waals surface area contributed by atoms with Crippen LogP contribution in [-0.4, -0.2) is 63.6 Å². The molecule has 7 heteroatoms. The SMILES string of the molecule is C[N+](C)(C)CCC(=O)c1cc(Cl)cc2c1OCC(=O)N2CCCOc1ccccc1. The number of quaternary nitrogens is 1. The van der Waals surface area contributed by atoms with E-state index in [1.54, 1.807) is 17.0 Å². The number of fused-ring (bicyclic) bond motifs is 1. The zero-order valence-corrected chi connectivity index (χ0v) is 18.4. The molecule has 0 saturated carbocycles. The molecule has 2 aromatic carbocycles. The van der Waals surface area contributed by atoms with Crippen LogP contribution >= 0.6 is 11.6 Å². The van der Waals surface area contributed by atoms with Gasteiger partial charge in [-0.05, 0) is 30.7 Å². The van der Waals surface area contributed by atoms with Gasteiger partial charge in [0.15, 0.2) is 18.1 Å². The third-order valence-corrected chi connectivity index (χ3v) is 5.03. The van der Waals surface area contributed by atoms with Crippen LogP contribution in [0.25, 0.3) is 0 Å². The monoisotopic (exact) mass is 431 g/mol. The van der Waals surface area contributed by atoms with E-state index in [-0.39, 0.29) is 18.3 Å². The minimum absolute atomic E-state index is 0.0384. The molecule has 0 atom stereocenters. The molecule has 2 aromatic rings. The van der Waals surface area contributed by atoms with Gasteiger partial charge in [0.25, 0.3) is 5.91 Å². The van der Waals surface area contributed by atoms with Gasteiger partial charge >= 0.3 is 0 Å². The van der Waals surface area contributed by atoms with Crippen LogP contribution in [0, 0.1) is 0 Å². The number of ether oxygens (including phenoxy) is 2. The number of halogens is 1. The fourth-order valence-corrected chi connectivity index (χ4v) is 3.44. The fraction of sp³-hybridized carbons (Fsp3) is 0.391. The van der Waals surface area contributed by atoms with Crippen molar-refractivity contribution in [1.29, 1.82) is 0 Å². The van der Waals surface area contributed by atoms with Gasteiger partial charge in [-0.25, -0.2) is 0 Å². The molecule has 0 aromatic heterocycles. The van der Waals surface area contributed by atoms with Gasteiger partial charge in [-0.15, -0.1) is 0 Å². The molecule has 0 radical (unpaired) electrons. The summed E-state index contributed by atoms with van der Waals surface area (Å²) in [6.07, 6.45) is 1.01. The lowest BCUT2D eigenvalue weighted by molar-refractivity contribution is -0.869. The highest BCUT2D eigenvalue weighted by Gasteiger charge is 2.30. The van der Waals surface area contributed by atoms with E-state index in [1.165, 1.54) is 0 Å². The van der Waals surface area contributed by atoms with E-state index in [0.717, 1.165) is 5.75 Å². The Hall–Kier alpha value is -2.57. The summed E-state index contributed by atoms with van der Waals surface area (Å²) < 4.78 is 12.1. The molecule has 0 fully saturated rings. The topological polar surface area (TPSA) is 55.8 Å². The predicted molar refractivity (Wildman–Crippen MR) is 118 cm³/mol. The van der Waals surface area contributed by atoms with E-state index >= 15 is 0 Å². The number of nitrogens with zero attached hydrogens (tertiary/aromatic N) is 2. The first kappa shape index (κ1) is 22.1. The van der Waals surface area contributed by atoms with E-state index in [9.17, 15) is 9.59 Å². The first-order valence-electron chi connectivity index (χ1n) is 10.0. The zero-order valence-electron chi connectivity index (χ0n) is 17.7. The minimum Gasteiger partial charge on any atom is -0.494 e. The highest BCUT2D eigenvalue weighted by Crippen LogP contribution is 2.39. The number of para-hydroxylation sites is 1. The largest absolute Gasteiger partial charge is 0.494 e. The average molecular weight is 432 g/mol. The molecule has 0 N–H and O–H groups in total. The Kier molecular flexibility index (Phi) is 7.00. The smallest absolute Gasteiger partial charge is 0.265 e. The first-order valence-corrected chi connectivity index (χ1v) is 10.4. The maximum atomic E-state index is 12.8. The summed E-state index contributed by atoms with van der Waals surface area (Å²) in [7, 11) is 6.11. The number of rotatable bonds is 9. The average Bonchev–Trinajstić information content (AvgIpc) is 2.70. The number of Topliss-reactive ketones (excluding diaryl/α,β-unsaturated/α-hetero) is 1. The molecule has 6 nitrogen and oxygen atoms in total. The Morgan fingerprint density at radius 3 is 2.63 bits per heavy atom. The van der Waals surface area contributed by atoms with E-state index in [0.29, 0.717) is 59.0 Å². The van der Waals surface area contributed by atoms with Gasteiger partial charge in [0, 0.05) is 11.6 Å². The van der Waals surface area contributed by atoms with Gasteiger partial charge in [-0.2, -0.15) is 0 Å². The second-order valence-corrected chi connectivity index (χ2v) is 8.77. The van der Waals surface area contributed by atoms with E-state index in [2.05, 4.69) is 0 Å². The van der Waals surface area contributed by atoms with Crippen molar-refractivity contribution in [2.75, 3.05) is 52.3 Å². The van der Waals surface area contributed by atoms with Crippen molar-refractivity contribution in [3.05, 3.63) is 53.1 Å². The third-order valence-electron chi connectivity index (χ3n) is 4.81. The standard InChI is InChI=1S/C23H28ClN2O4/c1-26(2,3)12-10-21(27)19-14-17(24)15-20-23(19)30-16-22(28)25(20)11-7-13-29-18-8-5-4-6-9-18/h4-6,8-9,14-15H,7,10-13,16H2,1-3H3/q+1. The Morgan fingerprint density at radius 2 is 1.93 bits per heavy atom. The van der Waals surface area contributed by atoms with Crippen molar-refractivity contribution in [3.8, 4) is 11.5 Å². The summed E-state index contributed by atoms with van der Waals surface area (Å²) in [5, 5.41) is 0.409. The van der Waals surface area contributed by atoms with Crippen molar-refractivity contribution >= 4 is 29.0 Å². The van der Waals surface area contributed by atoms with Gasteiger partial charge < -0.3 is 18.9 Å². The molecule has 0 aliphatic carbocycles. The Labute approximate surface area is 182 Å². The predicted octanol–water partition coefficient (Wildman–Crippen LogP) is 3.81. The molecule has 30 heavy (non-hydrogen) atoms. The number of amides is 1. The zero-order chi connectivity index (χ0) is 21.7. The minimum atomic E-state index is -0.158. The summed E-state index contributed by atoms with van der Waals surface area (Å²) in [6.45, 7) is 1.53. The van der Waals surface area contributed by atoms with E-state index in [4.69, 9.17) is 21.1 Å². The van der Waals surface area contributed by atoms with Gasteiger partial charge in [0.05, 0.1) is 52.0 Å². The second kappa shape index (κ2) is 9.49. The van der Waals surface area contributed by atoms with Crippen molar-refractivity contribution < 1.29 is 23.5 Å². The Balaban J connectivity index is 1.73. The maximum Gasteiger partial charge on any atom is 0.265 e. The summed E-state index contributed by atoms with van der Waals surface area (Å²) in [5.74, 6) is 1.03. The van der Waals surface area contributed by atoms with Crippen LogP contribution in [0.1, 0.15) is 23.2 Å². The third kappa shape index (κ3) is 5.74. The maximum absolute atomic E-state index is 12.8. The lowest BCUT2D eigenvalue weighted by Crippen LogP contribution is -2.40. The molecular weight excluding hydrogens is 404 g/mol. The van der Waals surface area contributed by atoms with Crippen LogP contribution in [0.15, 0.2) is 42.5 Å². The van der Waals surface area contributed by atoms with E-state index in [1.807, 2.05) is 51.5 Å². The fourth-order valence-electron chi connectivity index (χ4n) is 3.23. The van der Waals surface area contributed by atoms with Crippen molar-refractivity contribution in [1.82, 2.24) is 0 Å². The van der Waals surface area contributed by atoms with Crippen LogP contribution in [0.3, 0.4) is 0 Å². The normalized spacial score (nSPS) is 13.6. The molecular formula is C23H28ClN2O4+. The summed E-state index contributed by atoms with van der Waals surface area (Å²) >= 11 is 6.30. The van der Waals surface area contributed by atoms with Gasteiger partial charge in [-0.1, -0.05) is 29.8 Å². The summed E-state index contributed by atoms with van der Waals surface area (Å²) in [4.78, 5) is 27.0. The molecule has 1 amide bonds. The summed E-state index contributed by atoms with van der Waals surface area (Å²) in [6, 6.07) is 12.9. The number of benzene rings is 2. The molecule has 0 saturated heterocycles. The van der Waals surface area contributed by atoms with Gasteiger partial charge in [-0.3, -0.25) is 9.59 Å². The molecule has 1 aliphatic heterocycles. The second-order valence-electron chi connectivity index (χ2n) is 8.34. The van der Waals surface area contributed by atoms with Crippen LogP contribution in [0.2, 0.25) is 5.02 Å². The highest BCUT2D eigenvalue weighted by molar-refractivity contribution is 6.31. The van der Waals surface area contributed by atoms with Crippen molar-refractivity contribution in [3.63, 3.8) is 0 Å². The van der Waals surface area contributed by atoms with Crippen molar-refractivity contribution in [2.24, 2.45) is 0 Å². The molecule has 1 heterocycles. The number of carbonyl (C=O) groups is 2. The first-order chi connectivity index (χ1) is 14.2. The van der Waals surface area contributed by atoms with Crippen LogP contribution in [0.4, 0.5) is 5.69 Å². The molecule has 3 rings (SSSR count). The highest BCUT2D eigenvalue weighted by atomic mass is 35.5. The Morgan fingerprint density at radius 1 is 1.20 bits per heavy atom. The molecule has 160 valence electrons. The summed E-state index contributed by atoms with van der Waals surface area (Å²) in [5.41, 5.74) is 0.982. The van der Waals surface area contributed by atoms with Crippen LogP contribution in [-0.2, 0) is 4.79 Å². The molecule has 0 unspecified atom stereocenters. The van der Waals surface area contributed by atoms with Gasteiger partial charge in [0.1, 0.15) is 5.75 Å². The molecule has 1 aliphatic rings. The molecule has 0 spiro atoms. The van der Waals surface area contributed by atoms with Crippen LogP contribution in [0.5, 0.6) is 11.5 Å². The van der Waals surface area contributed by atoms with Crippen molar-refractivity contribution in [2.45, 2.75) is 12.8 Å². The number of ketones is 1. The van der Waals surface area contributed by atoms with Crippen LogP contribution < -0.4 is 14.4 Å². The number of anilines is 1. The van der Waals surface area contributed by atoms with Gasteiger partial charge in [0.2, 0.25) is 0 Å². The number of carbonyl (C=O) groups excluding carboxylic acids is 2. The van der Waals surface area contributed by atoms with E-state index < -0.39 is 0 Å². The lowest BCUT2D eigenvalue weighted by atomic mass is 10.0. The molecule has 0 bridgehead atoms.